The van der Waals surface area contributed by atoms with Gasteiger partial charge in [-0.2, -0.15) is 0 Å². The number of hydrogen-bond donors (Lipinski definition) is 1. The normalized spacial score (nSPS) is 14.3. The molecule has 0 saturated carbocycles. The first kappa shape index (κ1) is 14.9. The van der Waals surface area contributed by atoms with E-state index in [9.17, 15) is 15.2 Å². The molecule has 1 unspecified atom stereocenters. The van der Waals surface area contributed by atoms with E-state index in [1.54, 1.807) is 26.0 Å². The highest BCUT2D eigenvalue weighted by molar-refractivity contribution is 7.16. The highest BCUT2D eigenvalue weighted by Gasteiger charge is 2.25. The van der Waals surface area contributed by atoms with Gasteiger partial charge < -0.3 is 14.7 Å². The molecule has 6 nitrogen and oxygen atoms in total. The van der Waals surface area contributed by atoms with E-state index in [-0.39, 0.29) is 11.7 Å². The van der Waals surface area contributed by atoms with Gasteiger partial charge in [0.2, 0.25) is 0 Å². The minimum absolute atomic E-state index is 0.0224. The summed E-state index contributed by atoms with van der Waals surface area (Å²) in [5.74, 6) is 0. The maximum absolute atomic E-state index is 11.0. The predicted octanol–water partition coefficient (Wildman–Crippen LogP) is 2.18. The van der Waals surface area contributed by atoms with Crippen LogP contribution in [0.1, 0.15) is 24.8 Å². The van der Waals surface area contributed by atoms with E-state index in [2.05, 4.69) is 0 Å². The van der Waals surface area contributed by atoms with Crippen LogP contribution in [-0.4, -0.2) is 36.8 Å². The minimum Gasteiger partial charge on any atom is -0.388 e. The Labute approximate surface area is 110 Å². The van der Waals surface area contributed by atoms with Gasteiger partial charge in [0.1, 0.15) is 0 Å². The molecule has 1 rings (SSSR count). The van der Waals surface area contributed by atoms with Crippen molar-refractivity contribution >= 4 is 22.0 Å². The second-order valence-electron chi connectivity index (χ2n) is 4.19. The fourth-order valence-electron chi connectivity index (χ4n) is 1.53. The van der Waals surface area contributed by atoms with Gasteiger partial charge in [0.15, 0.2) is 5.00 Å². The molecule has 1 aromatic heterocycles. The SMILES string of the molecule is COCC(C)N(C)c1sc([C@H](C)O)cc1[N+](=O)[O-]. The second kappa shape index (κ2) is 6.12. The molecule has 102 valence electrons. The molecule has 0 spiro atoms. The van der Waals surface area contributed by atoms with Gasteiger partial charge in [0.25, 0.3) is 0 Å². The topological polar surface area (TPSA) is 75.8 Å². The molecule has 0 aromatic carbocycles. The molecule has 0 fully saturated rings. The van der Waals surface area contributed by atoms with Crippen LogP contribution in [0.3, 0.4) is 0 Å². The van der Waals surface area contributed by atoms with Crippen LogP contribution in [0.4, 0.5) is 10.7 Å². The Morgan fingerprint density at radius 2 is 2.22 bits per heavy atom. The van der Waals surface area contributed by atoms with Crippen LogP contribution in [0.15, 0.2) is 6.07 Å². The number of nitro groups is 1. The molecule has 0 aliphatic carbocycles. The second-order valence-corrected chi connectivity index (χ2v) is 5.25. The van der Waals surface area contributed by atoms with E-state index < -0.39 is 11.0 Å². The summed E-state index contributed by atoms with van der Waals surface area (Å²) in [5, 5.41) is 21.1. The zero-order valence-corrected chi connectivity index (χ0v) is 11.7. The van der Waals surface area contributed by atoms with E-state index in [0.29, 0.717) is 16.5 Å². The molecule has 0 aliphatic rings. The zero-order valence-electron chi connectivity index (χ0n) is 10.9. The first-order valence-corrected chi connectivity index (χ1v) is 6.38. The number of methoxy groups -OCH3 is 1. The third-order valence-corrected chi connectivity index (χ3v) is 4.10. The lowest BCUT2D eigenvalue weighted by atomic mass is 10.3. The number of aliphatic hydroxyl groups is 1. The Bertz CT molecular complexity index is 419. The van der Waals surface area contributed by atoms with Crippen molar-refractivity contribution in [2.75, 3.05) is 25.7 Å². The van der Waals surface area contributed by atoms with E-state index in [4.69, 9.17) is 4.74 Å². The number of aliphatic hydroxyl groups excluding tert-OH is 1. The summed E-state index contributed by atoms with van der Waals surface area (Å²) in [5.41, 5.74) is 0.0290. The van der Waals surface area contributed by atoms with E-state index in [1.807, 2.05) is 6.92 Å². The Morgan fingerprint density at radius 3 is 2.67 bits per heavy atom. The number of ether oxygens (including phenoxy) is 1. The van der Waals surface area contributed by atoms with Crippen molar-refractivity contribution in [2.24, 2.45) is 0 Å². The monoisotopic (exact) mass is 274 g/mol. The van der Waals surface area contributed by atoms with Gasteiger partial charge in [-0.1, -0.05) is 0 Å². The van der Waals surface area contributed by atoms with Gasteiger partial charge in [-0.25, -0.2) is 0 Å². The van der Waals surface area contributed by atoms with Crippen molar-refractivity contribution in [3.05, 3.63) is 21.1 Å². The Morgan fingerprint density at radius 1 is 1.61 bits per heavy atom. The molecular formula is C11H18N2O4S. The smallest absolute Gasteiger partial charge is 0.304 e. The average molecular weight is 274 g/mol. The summed E-state index contributed by atoms with van der Waals surface area (Å²) in [6, 6.07) is 1.45. The molecule has 7 heteroatoms. The summed E-state index contributed by atoms with van der Waals surface area (Å²) in [4.78, 5) is 13.0. The molecular weight excluding hydrogens is 256 g/mol. The summed E-state index contributed by atoms with van der Waals surface area (Å²) in [6.45, 7) is 4.00. The Kier molecular flexibility index (Phi) is 5.06. The van der Waals surface area contributed by atoms with Gasteiger partial charge in [0, 0.05) is 25.1 Å². The van der Waals surface area contributed by atoms with Crippen LogP contribution in [-0.2, 0) is 4.74 Å². The third kappa shape index (κ3) is 3.18. The molecule has 0 aliphatic heterocycles. The predicted molar refractivity (Wildman–Crippen MR) is 71.3 cm³/mol. The van der Waals surface area contributed by atoms with E-state index in [1.165, 1.54) is 17.4 Å². The van der Waals surface area contributed by atoms with Gasteiger partial charge >= 0.3 is 5.69 Å². The first-order valence-electron chi connectivity index (χ1n) is 5.56. The summed E-state index contributed by atoms with van der Waals surface area (Å²) >= 11 is 1.24. The molecule has 0 saturated heterocycles. The maximum Gasteiger partial charge on any atom is 0.304 e. The lowest BCUT2D eigenvalue weighted by Crippen LogP contribution is -2.32. The zero-order chi connectivity index (χ0) is 13.9. The lowest BCUT2D eigenvalue weighted by molar-refractivity contribution is -0.383. The highest BCUT2D eigenvalue weighted by atomic mass is 32.1. The maximum atomic E-state index is 11.0. The van der Waals surface area contributed by atoms with Crippen molar-refractivity contribution < 1.29 is 14.8 Å². The number of thiophene rings is 1. The number of likely N-dealkylation sites (N-methyl/N-ethyl adjacent to an activating group) is 1. The lowest BCUT2D eigenvalue weighted by Gasteiger charge is -2.24. The number of hydrogen-bond acceptors (Lipinski definition) is 6. The third-order valence-electron chi connectivity index (χ3n) is 2.71. The summed E-state index contributed by atoms with van der Waals surface area (Å²) in [6.07, 6.45) is -0.700. The molecule has 0 radical (unpaired) electrons. The van der Waals surface area contributed by atoms with Crippen molar-refractivity contribution in [1.29, 1.82) is 0 Å². The Balaban J connectivity index is 3.09. The number of rotatable bonds is 6. The minimum atomic E-state index is -0.700. The van der Waals surface area contributed by atoms with Crippen LogP contribution in [0.5, 0.6) is 0 Å². The van der Waals surface area contributed by atoms with Gasteiger partial charge in [-0.15, -0.1) is 11.3 Å². The largest absolute Gasteiger partial charge is 0.388 e. The number of anilines is 1. The fourth-order valence-corrected chi connectivity index (χ4v) is 2.66. The standard InChI is InChI=1S/C11H18N2O4S/c1-7(6-17-4)12(3)11-9(13(15)16)5-10(18-11)8(2)14/h5,7-8,14H,6H2,1-4H3/t7?,8-/m0/s1. The fraction of sp³-hybridized carbons (Fsp3) is 0.636. The van der Waals surface area contributed by atoms with Crippen LogP contribution in [0, 0.1) is 10.1 Å². The molecule has 1 aromatic rings. The summed E-state index contributed by atoms with van der Waals surface area (Å²) in [7, 11) is 3.38. The van der Waals surface area contributed by atoms with Crippen molar-refractivity contribution in [3.63, 3.8) is 0 Å². The van der Waals surface area contributed by atoms with Crippen LogP contribution < -0.4 is 4.90 Å². The van der Waals surface area contributed by atoms with Crippen LogP contribution in [0.25, 0.3) is 0 Å². The van der Waals surface area contributed by atoms with Crippen molar-refractivity contribution in [2.45, 2.75) is 26.0 Å². The molecule has 0 amide bonds. The molecule has 2 atom stereocenters. The Hall–Kier alpha value is -1.18. The molecule has 1 heterocycles. The first-order chi connectivity index (χ1) is 8.38. The molecule has 0 bridgehead atoms. The van der Waals surface area contributed by atoms with Gasteiger partial charge in [-0.3, -0.25) is 10.1 Å². The van der Waals surface area contributed by atoms with Gasteiger partial charge in [0.05, 0.1) is 23.7 Å². The van der Waals surface area contributed by atoms with Crippen molar-refractivity contribution in [3.8, 4) is 0 Å². The van der Waals surface area contributed by atoms with Crippen LogP contribution >= 0.6 is 11.3 Å². The van der Waals surface area contributed by atoms with Crippen LogP contribution in [0.2, 0.25) is 0 Å². The summed E-state index contributed by atoms with van der Waals surface area (Å²) < 4.78 is 5.04. The highest BCUT2D eigenvalue weighted by Crippen LogP contribution is 2.40. The molecule has 18 heavy (non-hydrogen) atoms. The quantitative estimate of drug-likeness (QED) is 0.635. The van der Waals surface area contributed by atoms with E-state index >= 15 is 0 Å². The van der Waals surface area contributed by atoms with E-state index in [0.717, 1.165) is 0 Å². The van der Waals surface area contributed by atoms with Gasteiger partial charge in [-0.05, 0) is 13.8 Å². The number of nitrogens with zero attached hydrogens (tertiary/aromatic N) is 2. The average Bonchev–Trinajstić information content (AvgIpc) is 2.73. The van der Waals surface area contributed by atoms with Crippen molar-refractivity contribution in [1.82, 2.24) is 0 Å². The molecule has 1 N–H and O–H groups in total.